The van der Waals surface area contributed by atoms with Crippen molar-refractivity contribution in [2.45, 2.75) is 57.3 Å². The average molecular weight is 460 g/mol. The molecule has 2 heterocycles. The smallest absolute Gasteiger partial charge is 0.146 e. The molecule has 1 aromatic heterocycles. The zero-order valence-electron chi connectivity index (χ0n) is 20.3. The second-order valence-corrected chi connectivity index (χ2v) is 10.1. The molecule has 1 saturated carbocycles. The standard InChI is InChI=1S/C29H37N3O2/c1-31-20-17-30-28(31)22-34-27-13-11-23(12-14-27)21-32-18-15-26(16-19-32)29(33,25-9-5-6-10-25)24-7-3-2-4-8-24/h2-4,7-8,11-14,17,20,25-26,33H,5-6,9-10,15-16,18-19,21-22H2,1H3. The third-order valence-electron chi connectivity index (χ3n) is 8.04. The molecule has 1 aliphatic carbocycles. The maximum Gasteiger partial charge on any atom is 0.146 e. The SMILES string of the molecule is Cn1ccnc1COc1ccc(CN2CCC(C(O)(c3ccccc3)C3CCCC3)CC2)cc1. The van der Waals surface area contributed by atoms with Crippen LogP contribution in [0.5, 0.6) is 5.75 Å². The van der Waals surface area contributed by atoms with Gasteiger partial charge in [-0.25, -0.2) is 4.98 Å². The Morgan fingerprint density at radius 2 is 1.62 bits per heavy atom. The highest BCUT2D eigenvalue weighted by Crippen LogP contribution is 2.48. The van der Waals surface area contributed by atoms with Crippen LogP contribution in [0.4, 0.5) is 0 Å². The van der Waals surface area contributed by atoms with E-state index >= 15 is 0 Å². The molecule has 0 radical (unpaired) electrons. The number of benzene rings is 2. The Kier molecular flexibility index (Phi) is 7.02. The number of rotatable bonds is 8. The first kappa shape index (κ1) is 23.1. The maximum atomic E-state index is 12.1. The van der Waals surface area contributed by atoms with Crippen molar-refractivity contribution in [1.82, 2.24) is 14.5 Å². The fourth-order valence-corrected chi connectivity index (χ4v) is 6.04. The van der Waals surface area contributed by atoms with Crippen LogP contribution in [-0.2, 0) is 25.8 Å². The highest BCUT2D eigenvalue weighted by atomic mass is 16.5. The van der Waals surface area contributed by atoms with Crippen LogP contribution in [0, 0.1) is 11.8 Å². The number of hydrogen-bond donors (Lipinski definition) is 1. The Labute approximate surface area is 203 Å². The van der Waals surface area contributed by atoms with Crippen molar-refractivity contribution in [3.05, 3.63) is 83.9 Å². The van der Waals surface area contributed by atoms with Crippen molar-refractivity contribution in [3.8, 4) is 5.75 Å². The van der Waals surface area contributed by atoms with Crippen molar-refractivity contribution < 1.29 is 9.84 Å². The molecule has 3 aromatic rings. The van der Waals surface area contributed by atoms with E-state index in [1.165, 1.54) is 18.4 Å². The predicted octanol–water partition coefficient (Wildman–Crippen LogP) is 5.29. The normalized spacial score (nSPS) is 19.8. The van der Waals surface area contributed by atoms with Crippen LogP contribution in [0.25, 0.3) is 0 Å². The number of aromatic nitrogens is 2. The Morgan fingerprint density at radius 1 is 0.941 bits per heavy atom. The molecule has 180 valence electrons. The highest BCUT2D eigenvalue weighted by molar-refractivity contribution is 5.28. The summed E-state index contributed by atoms with van der Waals surface area (Å²) < 4.78 is 7.87. The van der Waals surface area contributed by atoms with Gasteiger partial charge < -0.3 is 14.4 Å². The van der Waals surface area contributed by atoms with Crippen molar-refractivity contribution in [1.29, 1.82) is 0 Å². The Bertz CT molecular complexity index is 1030. The van der Waals surface area contributed by atoms with E-state index in [4.69, 9.17) is 4.74 Å². The van der Waals surface area contributed by atoms with Crippen LogP contribution in [-0.4, -0.2) is 32.6 Å². The zero-order valence-corrected chi connectivity index (χ0v) is 20.3. The molecule has 0 amide bonds. The van der Waals surface area contributed by atoms with E-state index in [1.807, 2.05) is 17.8 Å². The molecule has 1 unspecified atom stereocenters. The summed E-state index contributed by atoms with van der Waals surface area (Å²) in [5.41, 5.74) is 1.74. The van der Waals surface area contributed by atoms with Gasteiger partial charge >= 0.3 is 0 Å². The molecule has 5 nitrogen and oxygen atoms in total. The lowest BCUT2D eigenvalue weighted by atomic mass is 9.68. The van der Waals surface area contributed by atoms with Crippen molar-refractivity contribution >= 4 is 0 Å². The van der Waals surface area contributed by atoms with Crippen LogP contribution in [0.3, 0.4) is 0 Å². The Balaban J connectivity index is 1.17. The molecule has 1 aliphatic heterocycles. The van der Waals surface area contributed by atoms with E-state index in [2.05, 4.69) is 64.5 Å². The topological polar surface area (TPSA) is 50.5 Å². The molecule has 0 spiro atoms. The monoisotopic (exact) mass is 459 g/mol. The largest absolute Gasteiger partial charge is 0.486 e. The first-order chi connectivity index (χ1) is 16.6. The molecule has 0 bridgehead atoms. The van der Waals surface area contributed by atoms with Gasteiger partial charge in [0.25, 0.3) is 0 Å². The third-order valence-corrected chi connectivity index (χ3v) is 8.04. The van der Waals surface area contributed by atoms with Gasteiger partial charge in [-0.2, -0.15) is 0 Å². The molecular formula is C29H37N3O2. The lowest BCUT2D eigenvalue weighted by Gasteiger charge is -2.45. The number of ether oxygens (including phenoxy) is 1. The van der Waals surface area contributed by atoms with Crippen LogP contribution < -0.4 is 4.74 Å². The summed E-state index contributed by atoms with van der Waals surface area (Å²) in [7, 11) is 1.98. The highest BCUT2D eigenvalue weighted by Gasteiger charge is 2.46. The lowest BCUT2D eigenvalue weighted by molar-refractivity contribution is -0.0938. The van der Waals surface area contributed by atoms with E-state index in [0.29, 0.717) is 18.4 Å². The first-order valence-corrected chi connectivity index (χ1v) is 12.8. The Hall–Kier alpha value is -2.63. The molecule has 1 atom stereocenters. The van der Waals surface area contributed by atoms with Crippen LogP contribution in [0.1, 0.15) is 55.5 Å². The number of nitrogens with zero attached hydrogens (tertiary/aromatic N) is 3. The molecule has 2 fully saturated rings. The van der Waals surface area contributed by atoms with Gasteiger partial charge in [-0.1, -0.05) is 55.3 Å². The van der Waals surface area contributed by atoms with E-state index in [9.17, 15) is 5.11 Å². The van der Waals surface area contributed by atoms with Gasteiger partial charge in [0.15, 0.2) is 0 Å². The summed E-state index contributed by atoms with van der Waals surface area (Å²) in [4.78, 5) is 6.83. The molecule has 5 heteroatoms. The second kappa shape index (κ2) is 10.3. The second-order valence-electron chi connectivity index (χ2n) is 10.1. The molecule has 1 saturated heterocycles. The maximum absolute atomic E-state index is 12.1. The predicted molar refractivity (Wildman–Crippen MR) is 134 cm³/mol. The summed E-state index contributed by atoms with van der Waals surface area (Å²) in [6.45, 7) is 3.48. The number of aryl methyl sites for hydroxylation is 1. The molecule has 2 aromatic carbocycles. The fraction of sp³-hybridized carbons (Fsp3) is 0.483. The van der Waals surface area contributed by atoms with Crippen LogP contribution in [0.15, 0.2) is 67.0 Å². The molecule has 5 rings (SSSR count). The van der Waals surface area contributed by atoms with Crippen LogP contribution >= 0.6 is 0 Å². The van der Waals surface area contributed by atoms with Crippen molar-refractivity contribution in [3.63, 3.8) is 0 Å². The summed E-state index contributed by atoms with van der Waals surface area (Å²) in [6.07, 6.45) is 10.6. The first-order valence-electron chi connectivity index (χ1n) is 12.8. The number of likely N-dealkylation sites (tertiary alicyclic amines) is 1. The van der Waals surface area contributed by atoms with Gasteiger partial charge in [0.05, 0.1) is 5.60 Å². The molecule has 34 heavy (non-hydrogen) atoms. The van der Waals surface area contributed by atoms with Gasteiger partial charge in [0.2, 0.25) is 0 Å². The van der Waals surface area contributed by atoms with Gasteiger partial charge in [-0.05, 0) is 73.9 Å². The summed E-state index contributed by atoms with van der Waals surface area (Å²) in [5, 5.41) is 12.1. The quantitative estimate of drug-likeness (QED) is 0.497. The van der Waals surface area contributed by atoms with Crippen molar-refractivity contribution in [2.75, 3.05) is 13.1 Å². The van der Waals surface area contributed by atoms with E-state index in [-0.39, 0.29) is 0 Å². The minimum absolute atomic E-state index is 0.330. The number of aliphatic hydroxyl groups is 1. The van der Waals surface area contributed by atoms with Crippen molar-refractivity contribution in [2.24, 2.45) is 18.9 Å². The molecular weight excluding hydrogens is 422 g/mol. The average Bonchev–Trinajstić information content (AvgIpc) is 3.57. The third kappa shape index (κ3) is 4.91. The van der Waals surface area contributed by atoms with Gasteiger partial charge in [0, 0.05) is 26.0 Å². The van der Waals surface area contributed by atoms with Gasteiger partial charge in [-0.3, -0.25) is 4.90 Å². The number of imidazole rings is 1. The zero-order chi connectivity index (χ0) is 23.4. The Morgan fingerprint density at radius 3 is 2.26 bits per heavy atom. The van der Waals surface area contributed by atoms with E-state index in [0.717, 1.165) is 62.5 Å². The van der Waals surface area contributed by atoms with Gasteiger partial charge in [-0.15, -0.1) is 0 Å². The summed E-state index contributed by atoms with van der Waals surface area (Å²) in [6, 6.07) is 18.9. The number of piperidine rings is 1. The lowest BCUT2D eigenvalue weighted by Crippen LogP contribution is -2.47. The van der Waals surface area contributed by atoms with E-state index < -0.39 is 5.60 Å². The van der Waals surface area contributed by atoms with E-state index in [1.54, 1.807) is 6.20 Å². The minimum Gasteiger partial charge on any atom is -0.486 e. The molecule has 2 aliphatic rings. The minimum atomic E-state index is -0.684. The van der Waals surface area contributed by atoms with Gasteiger partial charge in [0.1, 0.15) is 18.2 Å². The fourth-order valence-electron chi connectivity index (χ4n) is 6.04. The number of hydrogen-bond acceptors (Lipinski definition) is 4. The molecule has 1 N–H and O–H groups in total. The summed E-state index contributed by atoms with van der Waals surface area (Å²) in [5.74, 6) is 2.51. The summed E-state index contributed by atoms with van der Waals surface area (Å²) >= 11 is 0. The van der Waals surface area contributed by atoms with Crippen LogP contribution in [0.2, 0.25) is 0 Å².